The molecule has 0 aromatic heterocycles. The van der Waals surface area contributed by atoms with E-state index in [4.69, 9.17) is 23.2 Å². The van der Waals surface area contributed by atoms with Crippen LogP contribution in [0.25, 0.3) is 0 Å². The van der Waals surface area contributed by atoms with E-state index in [9.17, 15) is 4.39 Å². The predicted octanol–water partition coefficient (Wildman–Crippen LogP) is 6.07. The molecule has 0 amide bonds. The number of anilines is 1. The van der Waals surface area contributed by atoms with E-state index in [1.54, 1.807) is 24.3 Å². The summed E-state index contributed by atoms with van der Waals surface area (Å²) in [5, 5.41) is 4.24. The lowest BCUT2D eigenvalue weighted by Crippen LogP contribution is -2.06. The molecule has 0 saturated heterocycles. The highest BCUT2D eigenvalue weighted by Gasteiger charge is 2.09. The third-order valence-corrected chi connectivity index (χ3v) is 4.13. The second-order valence-corrected chi connectivity index (χ2v) is 5.84. The Morgan fingerprint density at radius 2 is 1.84 bits per heavy atom. The molecule has 0 aliphatic heterocycles. The highest BCUT2D eigenvalue weighted by atomic mass is 79.9. The molecule has 0 aliphatic rings. The normalized spacial score (nSPS) is 12.3. The quantitative estimate of drug-likeness (QED) is 0.698. The van der Waals surface area contributed by atoms with E-state index in [-0.39, 0.29) is 11.9 Å². The number of hydrogen-bond donors (Lipinski definition) is 1. The van der Waals surface area contributed by atoms with Gasteiger partial charge in [0.15, 0.2) is 0 Å². The van der Waals surface area contributed by atoms with Crippen molar-refractivity contribution >= 4 is 44.8 Å². The zero-order valence-corrected chi connectivity index (χ0v) is 13.2. The first-order valence-corrected chi connectivity index (χ1v) is 7.19. The Kier molecular flexibility index (Phi) is 4.71. The van der Waals surface area contributed by atoms with Crippen LogP contribution in [0.3, 0.4) is 0 Å². The molecule has 0 aliphatic carbocycles. The van der Waals surface area contributed by atoms with Crippen LogP contribution in [0.4, 0.5) is 10.1 Å². The van der Waals surface area contributed by atoms with E-state index in [0.29, 0.717) is 20.2 Å². The van der Waals surface area contributed by atoms with Gasteiger partial charge in [0.1, 0.15) is 5.82 Å². The van der Waals surface area contributed by atoms with Crippen molar-refractivity contribution in [2.24, 2.45) is 0 Å². The van der Waals surface area contributed by atoms with Gasteiger partial charge in [-0.1, -0.05) is 29.3 Å². The van der Waals surface area contributed by atoms with Crippen LogP contribution in [0, 0.1) is 5.82 Å². The number of benzene rings is 2. The summed E-state index contributed by atoms with van der Waals surface area (Å²) >= 11 is 15.0. The van der Waals surface area contributed by atoms with Crippen molar-refractivity contribution < 1.29 is 4.39 Å². The first-order chi connectivity index (χ1) is 8.97. The number of hydrogen-bond acceptors (Lipinski definition) is 1. The van der Waals surface area contributed by atoms with Gasteiger partial charge in [-0.3, -0.25) is 0 Å². The molecule has 2 rings (SSSR count). The molecule has 0 heterocycles. The monoisotopic (exact) mass is 361 g/mol. The van der Waals surface area contributed by atoms with Crippen LogP contribution >= 0.6 is 39.1 Å². The van der Waals surface area contributed by atoms with Gasteiger partial charge in [-0.05, 0) is 58.7 Å². The third kappa shape index (κ3) is 3.62. The maximum absolute atomic E-state index is 13.4. The fraction of sp³-hybridized carbons (Fsp3) is 0.143. The van der Waals surface area contributed by atoms with Crippen molar-refractivity contribution in [3.63, 3.8) is 0 Å². The molecular formula is C14H11BrCl2FN. The summed E-state index contributed by atoms with van der Waals surface area (Å²) in [5.41, 5.74) is 1.69. The molecule has 0 radical (unpaired) electrons. The van der Waals surface area contributed by atoms with Crippen LogP contribution < -0.4 is 5.32 Å². The Morgan fingerprint density at radius 1 is 1.11 bits per heavy atom. The van der Waals surface area contributed by atoms with Crippen LogP contribution in [0.2, 0.25) is 10.0 Å². The van der Waals surface area contributed by atoms with E-state index in [1.165, 1.54) is 6.07 Å². The van der Waals surface area contributed by atoms with E-state index >= 15 is 0 Å². The van der Waals surface area contributed by atoms with Gasteiger partial charge in [-0.25, -0.2) is 4.39 Å². The molecule has 100 valence electrons. The standard InChI is InChI=1S/C14H11BrCl2FN/c1-8(9-2-5-12(16)13(17)6-9)19-10-3-4-11(15)14(18)7-10/h2-8,19H,1H3. The fourth-order valence-electron chi connectivity index (χ4n) is 1.70. The molecule has 19 heavy (non-hydrogen) atoms. The summed E-state index contributed by atoms with van der Waals surface area (Å²) in [6.07, 6.45) is 0. The number of nitrogens with one attached hydrogen (secondary N) is 1. The van der Waals surface area contributed by atoms with Crippen LogP contribution in [0.15, 0.2) is 40.9 Å². The van der Waals surface area contributed by atoms with Gasteiger partial charge in [0.05, 0.1) is 14.5 Å². The molecule has 1 unspecified atom stereocenters. The molecule has 0 bridgehead atoms. The van der Waals surface area contributed by atoms with Crippen molar-refractivity contribution in [3.8, 4) is 0 Å². The van der Waals surface area contributed by atoms with Gasteiger partial charge < -0.3 is 5.32 Å². The molecule has 2 aromatic carbocycles. The van der Waals surface area contributed by atoms with Gasteiger partial charge in [0, 0.05) is 11.7 Å². The lowest BCUT2D eigenvalue weighted by Gasteiger charge is -2.16. The highest BCUT2D eigenvalue weighted by molar-refractivity contribution is 9.10. The van der Waals surface area contributed by atoms with E-state index in [2.05, 4.69) is 21.2 Å². The molecule has 2 aromatic rings. The minimum Gasteiger partial charge on any atom is -0.378 e. The fourth-order valence-corrected chi connectivity index (χ4v) is 2.25. The maximum Gasteiger partial charge on any atom is 0.139 e. The second kappa shape index (κ2) is 6.12. The largest absolute Gasteiger partial charge is 0.378 e. The average molecular weight is 363 g/mol. The topological polar surface area (TPSA) is 12.0 Å². The van der Waals surface area contributed by atoms with Gasteiger partial charge in [0.25, 0.3) is 0 Å². The van der Waals surface area contributed by atoms with Crippen molar-refractivity contribution in [1.82, 2.24) is 0 Å². The molecule has 0 saturated carbocycles. The van der Waals surface area contributed by atoms with Crippen LogP contribution in [-0.2, 0) is 0 Å². The van der Waals surface area contributed by atoms with Gasteiger partial charge in [0.2, 0.25) is 0 Å². The zero-order valence-electron chi connectivity index (χ0n) is 10.1. The lowest BCUT2D eigenvalue weighted by molar-refractivity contribution is 0.621. The van der Waals surface area contributed by atoms with Crippen molar-refractivity contribution in [2.75, 3.05) is 5.32 Å². The first-order valence-electron chi connectivity index (χ1n) is 5.64. The minimum atomic E-state index is -0.300. The molecule has 5 heteroatoms. The van der Waals surface area contributed by atoms with Crippen molar-refractivity contribution in [2.45, 2.75) is 13.0 Å². The van der Waals surface area contributed by atoms with Crippen molar-refractivity contribution in [1.29, 1.82) is 0 Å². The summed E-state index contributed by atoms with van der Waals surface area (Å²) < 4.78 is 13.9. The molecule has 1 N–H and O–H groups in total. The maximum atomic E-state index is 13.4. The summed E-state index contributed by atoms with van der Waals surface area (Å²) in [7, 11) is 0. The van der Waals surface area contributed by atoms with Gasteiger partial charge in [-0.15, -0.1) is 0 Å². The Hall–Kier alpha value is -0.770. The summed E-state index contributed by atoms with van der Waals surface area (Å²) in [6.45, 7) is 1.97. The molecule has 0 fully saturated rings. The summed E-state index contributed by atoms with van der Waals surface area (Å²) in [5.74, 6) is -0.300. The Bertz CT molecular complexity index is 604. The third-order valence-electron chi connectivity index (χ3n) is 2.75. The van der Waals surface area contributed by atoms with Gasteiger partial charge >= 0.3 is 0 Å². The lowest BCUT2D eigenvalue weighted by atomic mass is 10.1. The molecule has 0 spiro atoms. The minimum absolute atomic E-state index is 0.00431. The smallest absolute Gasteiger partial charge is 0.139 e. The molecular weight excluding hydrogens is 352 g/mol. The highest BCUT2D eigenvalue weighted by Crippen LogP contribution is 2.28. The van der Waals surface area contributed by atoms with Gasteiger partial charge in [-0.2, -0.15) is 0 Å². The summed E-state index contributed by atoms with van der Waals surface area (Å²) in [6, 6.07) is 10.4. The van der Waals surface area contributed by atoms with Crippen molar-refractivity contribution in [3.05, 3.63) is 62.3 Å². The number of rotatable bonds is 3. The summed E-state index contributed by atoms with van der Waals surface area (Å²) in [4.78, 5) is 0. The average Bonchev–Trinajstić information content (AvgIpc) is 2.37. The Labute approximate surface area is 129 Å². The van der Waals surface area contributed by atoms with Crippen LogP contribution in [0.1, 0.15) is 18.5 Å². The molecule has 1 atom stereocenters. The second-order valence-electron chi connectivity index (χ2n) is 4.17. The van der Waals surface area contributed by atoms with Crippen LogP contribution in [-0.4, -0.2) is 0 Å². The van der Waals surface area contributed by atoms with E-state index in [1.807, 2.05) is 13.0 Å². The number of halogens is 4. The first kappa shape index (κ1) is 14.6. The van der Waals surface area contributed by atoms with E-state index < -0.39 is 0 Å². The van der Waals surface area contributed by atoms with Crippen LogP contribution in [0.5, 0.6) is 0 Å². The Morgan fingerprint density at radius 3 is 2.47 bits per heavy atom. The SMILES string of the molecule is CC(Nc1ccc(Br)c(F)c1)c1ccc(Cl)c(Cl)c1. The Balaban J connectivity index is 2.17. The van der Waals surface area contributed by atoms with E-state index in [0.717, 1.165) is 5.56 Å². The zero-order chi connectivity index (χ0) is 14.0. The molecule has 1 nitrogen and oxygen atoms in total. The predicted molar refractivity (Wildman–Crippen MR) is 82.6 cm³/mol.